The van der Waals surface area contributed by atoms with Gasteiger partial charge in [-0.2, -0.15) is 5.10 Å². The first kappa shape index (κ1) is 16.5. The van der Waals surface area contributed by atoms with Gasteiger partial charge in [0.05, 0.1) is 23.0 Å². The van der Waals surface area contributed by atoms with Crippen LogP contribution in [0.4, 0.5) is 5.69 Å². The molecule has 0 radical (unpaired) electrons. The maximum atomic E-state index is 12.7. The number of benzene rings is 1. The van der Waals surface area contributed by atoms with E-state index >= 15 is 0 Å². The van der Waals surface area contributed by atoms with E-state index in [9.17, 15) is 4.79 Å². The highest BCUT2D eigenvalue weighted by molar-refractivity contribution is 6.07. The number of aromatic nitrogens is 3. The van der Waals surface area contributed by atoms with Gasteiger partial charge < -0.3 is 4.90 Å². The Morgan fingerprint density at radius 3 is 2.65 bits per heavy atom. The third-order valence-corrected chi connectivity index (χ3v) is 5.12. The molecule has 4 rings (SSSR count). The van der Waals surface area contributed by atoms with Crippen molar-refractivity contribution in [2.75, 3.05) is 11.4 Å². The quantitative estimate of drug-likeness (QED) is 0.723. The SMILES string of the molecule is CCN1C(=O)C(C)(C)c2ccc(-n3cc(-c4ccnc(C)c4)cn3)cc21. The summed E-state index contributed by atoms with van der Waals surface area (Å²) in [4.78, 5) is 18.8. The molecule has 1 aliphatic rings. The van der Waals surface area contributed by atoms with Gasteiger partial charge in [0.2, 0.25) is 5.91 Å². The van der Waals surface area contributed by atoms with E-state index in [0.29, 0.717) is 6.54 Å². The summed E-state index contributed by atoms with van der Waals surface area (Å²) in [5.41, 5.74) is 5.64. The molecule has 3 aromatic rings. The van der Waals surface area contributed by atoms with Crippen molar-refractivity contribution in [3.63, 3.8) is 0 Å². The second-order valence-corrected chi connectivity index (χ2v) is 7.24. The number of anilines is 1. The van der Waals surface area contributed by atoms with Crippen molar-refractivity contribution in [2.24, 2.45) is 0 Å². The minimum Gasteiger partial charge on any atom is -0.312 e. The molecule has 2 aromatic heterocycles. The number of rotatable bonds is 3. The number of carbonyl (C=O) groups is 1. The average Bonchev–Trinajstić information content (AvgIpc) is 3.18. The van der Waals surface area contributed by atoms with Gasteiger partial charge >= 0.3 is 0 Å². The average molecular weight is 346 g/mol. The Bertz CT molecular complexity index is 1000. The summed E-state index contributed by atoms with van der Waals surface area (Å²) in [5.74, 6) is 0.153. The van der Waals surface area contributed by atoms with Crippen LogP contribution in [0.3, 0.4) is 0 Å². The lowest BCUT2D eigenvalue weighted by molar-refractivity contribution is -0.122. The first-order valence-electron chi connectivity index (χ1n) is 8.86. The van der Waals surface area contributed by atoms with Crippen LogP contribution in [0.25, 0.3) is 16.8 Å². The molecule has 0 N–H and O–H groups in total. The Morgan fingerprint density at radius 1 is 1.12 bits per heavy atom. The molecule has 1 aliphatic heterocycles. The van der Waals surface area contributed by atoms with E-state index in [1.54, 1.807) is 0 Å². The van der Waals surface area contributed by atoms with Crippen LogP contribution in [-0.4, -0.2) is 27.2 Å². The topological polar surface area (TPSA) is 51.0 Å². The predicted molar refractivity (Wildman–Crippen MR) is 103 cm³/mol. The Balaban J connectivity index is 1.75. The molecule has 1 amide bonds. The molecule has 1 aromatic carbocycles. The number of pyridine rings is 1. The Kier molecular flexibility index (Phi) is 3.68. The summed E-state index contributed by atoms with van der Waals surface area (Å²) in [7, 11) is 0. The molecule has 3 heterocycles. The number of carbonyl (C=O) groups excluding carboxylic acids is 1. The molecular formula is C21H22N4O. The van der Waals surface area contributed by atoms with Gasteiger partial charge in [-0.3, -0.25) is 9.78 Å². The third kappa shape index (κ3) is 2.43. The number of aryl methyl sites for hydroxylation is 1. The summed E-state index contributed by atoms with van der Waals surface area (Å²) < 4.78 is 1.86. The van der Waals surface area contributed by atoms with Gasteiger partial charge in [0.25, 0.3) is 0 Å². The number of likely N-dealkylation sites (N-methyl/N-ethyl adjacent to an activating group) is 1. The van der Waals surface area contributed by atoms with Crippen LogP contribution >= 0.6 is 0 Å². The van der Waals surface area contributed by atoms with E-state index in [-0.39, 0.29) is 5.91 Å². The molecule has 0 spiro atoms. The molecule has 0 bridgehead atoms. The Labute approximate surface area is 153 Å². The molecule has 5 heteroatoms. The van der Waals surface area contributed by atoms with E-state index in [1.165, 1.54) is 0 Å². The first-order chi connectivity index (χ1) is 12.4. The van der Waals surface area contributed by atoms with E-state index in [2.05, 4.69) is 22.2 Å². The van der Waals surface area contributed by atoms with Crippen LogP contribution in [0.5, 0.6) is 0 Å². The Hall–Kier alpha value is -2.95. The van der Waals surface area contributed by atoms with Crippen molar-refractivity contribution in [3.8, 4) is 16.8 Å². The lowest BCUT2D eigenvalue weighted by Gasteiger charge is -2.18. The molecule has 26 heavy (non-hydrogen) atoms. The van der Waals surface area contributed by atoms with Gasteiger partial charge in [-0.25, -0.2) is 4.68 Å². The van der Waals surface area contributed by atoms with Gasteiger partial charge in [0.15, 0.2) is 0 Å². The summed E-state index contributed by atoms with van der Waals surface area (Å²) in [6.45, 7) is 8.63. The first-order valence-corrected chi connectivity index (χ1v) is 8.86. The number of hydrogen-bond donors (Lipinski definition) is 0. The van der Waals surface area contributed by atoms with Crippen molar-refractivity contribution < 1.29 is 4.79 Å². The molecule has 0 fully saturated rings. The fourth-order valence-electron chi connectivity index (χ4n) is 3.63. The third-order valence-electron chi connectivity index (χ3n) is 5.12. The largest absolute Gasteiger partial charge is 0.312 e. The minimum absolute atomic E-state index is 0.153. The zero-order valence-corrected chi connectivity index (χ0v) is 15.5. The highest BCUT2D eigenvalue weighted by Gasteiger charge is 2.43. The van der Waals surface area contributed by atoms with Crippen molar-refractivity contribution in [1.82, 2.24) is 14.8 Å². The molecule has 132 valence electrons. The van der Waals surface area contributed by atoms with Crippen molar-refractivity contribution >= 4 is 11.6 Å². The lowest BCUT2D eigenvalue weighted by atomic mass is 9.86. The molecular weight excluding hydrogens is 324 g/mol. The van der Waals surface area contributed by atoms with Crippen LogP contribution in [-0.2, 0) is 10.2 Å². The van der Waals surface area contributed by atoms with E-state index < -0.39 is 5.41 Å². The number of nitrogens with zero attached hydrogens (tertiary/aromatic N) is 4. The summed E-state index contributed by atoms with van der Waals surface area (Å²) >= 11 is 0. The van der Waals surface area contributed by atoms with E-state index in [1.807, 2.05) is 74.1 Å². The smallest absolute Gasteiger partial charge is 0.237 e. The lowest BCUT2D eigenvalue weighted by Crippen LogP contribution is -2.35. The van der Waals surface area contributed by atoms with Gasteiger partial charge in [0.1, 0.15) is 0 Å². The molecule has 0 saturated heterocycles. The summed E-state index contributed by atoms with van der Waals surface area (Å²) in [6.07, 6.45) is 5.67. The molecule has 0 saturated carbocycles. The molecule has 5 nitrogen and oxygen atoms in total. The van der Waals surface area contributed by atoms with Gasteiger partial charge in [0, 0.05) is 30.2 Å². The van der Waals surface area contributed by atoms with E-state index in [0.717, 1.165) is 33.8 Å². The van der Waals surface area contributed by atoms with Crippen molar-refractivity contribution in [3.05, 3.63) is 60.2 Å². The fourth-order valence-corrected chi connectivity index (χ4v) is 3.63. The molecule has 0 unspecified atom stereocenters. The van der Waals surface area contributed by atoms with Crippen LogP contribution in [0.15, 0.2) is 48.9 Å². The summed E-state index contributed by atoms with van der Waals surface area (Å²) in [6, 6.07) is 10.2. The number of amides is 1. The van der Waals surface area contributed by atoms with Crippen molar-refractivity contribution in [1.29, 1.82) is 0 Å². The van der Waals surface area contributed by atoms with Crippen LogP contribution in [0.2, 0.25) is 0 Å². The second kappa shape index (κ2) is 5.80. The zero-order valence-electron chi connectivity index (χ0n) is 15.5. The second-order valence-electron chi connectivity index (χ2n) is 7.24. The monoisotopic (exact) mass is 346 g/mol. The number of hydrogen-bond acceptors (Lipinski definition) is 3. The van der Waals surface area contributed by atoms with Crippen LogP contribution in [0.1, 0.15) is 32.0 Å². The predicted octanol–water partition coefficient (Wildman–Crippen LogP) is 3.89. The molecule has 0 aliphatic carbocycles. The standard InChI is InChI=1S/C21H22N4O/c1-5-24-19-11-17(6-7-18(19)21(3,4)20(24)26)25-13-16(12-23-25)15-8-9-22-14(2)10-15/h6-13H,5H2,1-4H3. The van der Waals surface area contributed by atoms with Crippen LogP contribution in [0, 0.1) is 6.92 Å². The zero-order chi connectivity index (χ0) is 18.5. The van der Waals surface area contributed by atoms with Gasteiger partial charge in [-0.1, -0.05) is 6.07 Å². The maximum Gasteiger partial charge on any atom is 0.237 e. The highest BCUT2D eigenvalue weighted by Crippen LogP contribution is 2.42. The van der Waals surface area contributed by atoms with Gasteiger partial charge in [-0.05, 0) is 63.1 Å². The van der Waals surface area contributed by atoms with Crippen LogP contribution < -0.4 is 4.90 Å². The summed E-state index contributed by atoms with van der Waals surface area (Å²) in [5, 5.41) is 4.52. The minimum atomic E-state index is -0.478. The van der Waals surface area contributed by atoms with E-state index in [4.69, 9.17) is 0 Å². The Morgan fingerprint density at radius 2 is 1.92 bits per heavy atom. The van der Waals surface area contributed by atoms with Crippen molar-refractivity contribution in [2.45, 2.75) is 33.1 Å². The molecule has 0 atom stereocenters. The van der Waals surface area contributed by atoms with Gasteiger partial charge in [-0.15, -0.1) is 0 Å². The maximum absolute atomic E-state index is 12.7. The highest BCUT2D eigenvalue weighted by atomic mass is 16.2. The fraction of sp³-hybridized carbons (Fsp3) is 0.286. The normalized spacial score (nSPS) is 15.4. The number of fused-ring (bicyclic) bond motifs is 1.